The molecule has 0 amide bonds. The molecular formula is C12H12O5. The number of aliphatic hydroxyl groups excluding tert-OH is 1. The van der Waals surface area contributed by atoms with Crippen molar-refractivity contribution in [3.8, 4) is 0 Å². The summed E-state index contributed by atoms with van der Waals surface area (Å²) in [4.78, 5) is 11.2. The molecule has 1 aromatic rings. The van der Waals surface area contributed by atoms with Crippen molar-refractivity contribution in [2.24, 2.45) is 0 Å². The quantitative estimate of drug-likeness (QED) is 0.714. The Hall–Kier alpha value is -1.43. The SMILES string of the molecule is O=C1O[C@@H]2CO[C@H](c3ccccc3)O[C@@H]2[C@H]1O. The highest BCUT2D eigenvalue weighted by atomic mass is 16.7. The zero-order valence-electron chi connectivity index (χ0n) is 8.98. The normalized spacial score (nSPS) is 36.4. The van der Waals surface area contributed by atoms with E-state index in [1.807, 2.05) is 30.3 Å². The van der Waals surface area contributed by atoms with E-state index in [9.17, 15) is 9.90 Å². The first-order valence-electron chi connectivity index (χ1n) is 5.46. The van der Waals surface area contributed by atoms with Gasteiger partial charge in [0, 0.05) is 5.56 Å². The van der Waals surface area contributed by atoms with Gasteiger partial charge in [-0.05, 0) is 0 Å². The van der Waals surface area contributed by atoms with Crippen molar-refractivity contribution in [3.05, 3.63) is 35.9 Å². The number of ether oxygens (including phenoxy) is 3. The first-order chi connectivity index (χ1) is 8.25. The maximum absolute atomic E-state index is 11.2. The molecule has 1 aromatic carbocycles. The van der Waals surface area contributed by atoms with Gasteiger partial charge in [-0.3, -0.25) is 0 Å². The van der Waals surface area contributed by atoms with Crippen LogP contribution in [0.5, 0.6) is 0 Å². The van der Waals surface area contributed by atoms with Gasteiger partial charge in [-0.15, -0.1) is 0 Å². The lowest BCUT2D eigenvalue weighted by Gasteiger charge is -2.31. The maximum atomic E-state index is 11.2. The Morgan fingerprint density at radius 3 is 2.76 bits per heavy atom. The van der Waals surface area contributed by atoms with E-state index in [0.717, 1.165) is 5.56 Å². The molecule has 90 valence electrons. The lowest BCUT2D eigenvalue weighted by Crippen LogP contribution is -2.42. The van der Waals surface area contributed by atoms with Crippen LogP contribution < -0.4 is 0 Å². The molecule has 0 spiro atoms. The summed E-state index contributed by atoms with van der Waals surface area (Å²) in [5.74, 6) is -0.641. The van der Waals surface area contributed by atoms with Crippen molar-refractivity contribution in [1.82, 2.24) is 0 Å². The largest absolute Gasteiger partial charge is 0.455 e. The molecule has 0 radical (unpaired) electrons. The van der Waals surface area contributed by atoms with Crippen LogP contribution in [0.2, 0.25) is 0 Å². The summed E-state index contributed by atoms with van der Waals surface area (Å²) in [6.45, 7) is 0.243. The zero-order valence-corrected chi connectivity index (χ0v) is 8.98. The smallest absolute Gasteiger partial charge is 0.338 e. The minimum Gasteiger partial charge on any atom is -0.455 e. The topological polar surface area (TPSA) is 65.0 Å². The highest BCUT2D eigenvalue weighted by Gasteiger charge is 2.48. The fourth-order valence-corrected chi connectivity index (χ4v) is 2.06. The van der Waals surface area contributed by atoms with Gasteiger partial charge in [-0.2, -0.15) is 0 Å². The van der Waals surface area contributed by atoms with Crippen molar-refractivity contribution >= 4 is 5.97 Å². The second-order valence-electron chi connectivity index (χ2n) is 4.10. The van der Waals surface area contributed by atoms with Crippen molar-refractivity contribution < 1.29 is 24.1 Å². The Labute approximate surface area is 97.9 Å². The lowest BCUT2D eigenvalue weighted by atomic mass is 10.1. The van der Waals surface area contributed by atoms with Gasteiger partial charge in [0.15, 0.2) is 18.5 Å². The molecular weight excluding hydrogens is 224 g/mol. The molecule has 0 aromatic heterocycles. The number of esters is 1. The highest BCUT2D eigenvalue weighted by Crippen LogP contribution is 2.32. The third kappa shape index (κ3) is 1.82. The molecule has 0 unspecified atom stereocenters. The molecule has 5 nitrogen and oxygen atoms in total. The van der Waals surface area contributed by atoms with E-state index in [1.165, 1.54) is 0 Å². The number of benzene rings is 1. The Kier molecular flexibility index (Phi) is 2.58. The van der Waals surface area contributed by atoms with Crippen molar-refractivity contribution in [2.45, 2.75) is 24.6 Å². The van der Waals surface area contributed by atoms with Gasteiger partial charge in [-0.1, -0.05) is 30.3 Å². The highest BCUT2D eigenvalue weighted by molar-refractivity contribution is 5.77. The summed E-state index contributed by atoms with van der Waals surface area (Å²) in [6.07, 6.45) is -2.91. The number of aliphatic hydroxyl groups is 1. The molecule has 2 saturated heterocycles. The maximum Gasteiger partial charge on any atom is 0.338 e. The Morgan fingerprint density at radius 1 is 1.24 bits per heavy atom. The van der Waals surface area contributed by atoms with Gasteiger partial charge in [0.1, 0.15) is 6.10 Å². The Morgan fingerprint density at radius 2 is 2.00 bits per heavy atom. The van der Waals surface area contributed by atoms with Crippen LogP contribution in [0.3, 0.4) is 0 Å². The predicted octanol–water partition coefficient (Wildman–Crippen LogP) is 0.387. The van der Waals surface area contributed by atoms with Crippen molar-refractivity contribution in [2.75, 3.05) is 6.61 Å². The first-order valence-corrected chi connectivity index (χ1v) is 5.46. The number of rotatable bonds is 1. The van der Waals surface area contributed by atoms with E-state index < -0.39 is 30.6 Å². The van der Waals surface area contributed by atoms with Crippen LogP contribution in [-0.2, 0) is 19.0 Å². The van der Waals surface area contributed by atoms with Gasteiger partial charge in [0.2, 0.25) is 0 Å². The predicted molar refractivity (Wildman–Crippen MR) is 55.9 cm³/mol. The summed E-state index contributed by atoms with van der Waals surface area (Å²) in [5, 5.41) is 9.60. The molecule has 17 heavy (non-hydrogen) atoms. The number of carbonyl (C=O) groups excluding carboxylic acids is 1. The fourth-order valence-electron chi connectivity index (χ4n) is 2.06. The molecule has 1 N–H and O–H groups in total. The molecule has 0 bridgehead atoms. The number of fused-ring (bicyclic) bond motifs is 1. The van der Waals surface area contributed by atoms with Crippen molar-refractivity contribution in [1.29, 1.82) is 0 Å². The van der Waals surface area contributed by atoms with E-state index in [0.29, 0.717) is 0 Å². The molecule has 2 aliphatic heterocycles. The summed E-state index contributed by atoms with van der Waals surface area (Å²) < 4.78 is 15.9. The average Bonchev–Trinajstić information content (AvgIpc) is 2.66. The summed E-state index contributed by atoms with van der Waals surface area (Å²) in [7, 11) is 0. The number of hydrogen-bond donors (Lipinski definition) is 1. The monoisotopic (exact) mass is 236 g/mol. The van der Waals surface area contributed by atoms with Crippen molar-refractivity contribution in [3.63, 3.8) is 0 Å². The Balaban J connectivity index is 1.78. The summed E-state index contributed by atoms with van der Waals surface area (Å²) in [5.41, 5.74) is 0.859. The van der Waals surface area contributed by atoms with Gasteiger partial charge in [0.25, 0.3) is 0 Å². The van der Waals surface area contributed by atoms with E-state index in [2.05, 4.69) is 0 Å². The van der Waals surface area contributed by atoms with Gasteiger partial charge in [0.05, 0.1) is 6.61 Å². The van der Waals surface area contributed by atoms with Crippen LogP contribution in [0.15, 0.2) is 30.3 Å². The molecule has 4 atom stereocenters. The number of carbonyl (C=O) groups is 1. The van der Waals surface area contributed by atoms with Crippen LogP contribution in [-0.4, -0.2) is 36.0 Å². The zero-order chi connectivity index (χ0) is 11.8. The second kappa shape index (κ2) is 4.10. The van der Waals surface area contributed by atoms with Crippen LogP contribution in [0, 0.1) is 0 Å². The van der Waals surface area contributed by atoms with Crippen LogP contribution >= 0.6 is 0 Å². The number of hydrogen-bond acceptors (Lipinski definition) is 5. The average molecular weight is 236 g/mol. The van der Waals surface area contributed by atoms with E-state index in [-0.39, 0.29) is 6.61 Å². The van der Waals surface area contributed by atoms with Crippen LogP contribution in [0.25, 0.3) is 0 Å². The molecule has 0 aliphatic carbocycles. The van der Waals surface area contributed by atoms with Gasteiger partial charge >= 0.3 is 5.97 Å². The molecule has 2 aliphatic rings. The third-order valence-electron chi connectivity index (χ3n) is 2.95. The van der Waals surface area contributed by atoms with Crippen LogP contribution in [0.4, 0.5) is 0 Å². The minimum absolute atomic E-state index is 0.243. The van der Waals surface area contributed by atoms with Gasteiger partial charge < -0.3 is 19.3 Å². The molecule has 5 heteroatoms. The van der Waals surface area contributed by atoms with E-state index in [4.69, 9.17) is 14.2 Å². The first kappa shape index (κ1) is 10.7. The summed E-state index contributed by atoms with van der Waals surface area (Å²) in [6, 6.07) is 9.39. The molecule has 3 rings (SSSR count). The fraction of sp³-hybridized carbons (Fsp3) is 0.417. The molecule has 2 fully saturated rings. The molecule has 2 heterocycles. The second-order valence-corrected chi connectivity index (χ2v) is 4.10. The molecule has 0 saturated carbocycles. The van der Waals surface area contributed by atoms with E-state index >= 15 is 0 Å². The third-order valence-corrected chi connectivity index (χ3v) is 2.95. The lowest BCUT2D eigenvalue weighted by molar-refractivity contribution is -0.251. The van der Waals surface area contributed by atoms with Crippen LogP contribution in [0.1, 0.15) is 11.9 Å². The standard InChI is InChI=1S/C12H12O5/c13-9-10-8(16-11(9)14)6-15-12(17-10)7-4-2-1-3-5-7/h1-5,8-10,12-13H,6H2/t8-,9-,10+,12+/m1/s1. The van der Waals surface area contributed by atoms with E-state index in [1.54, 1.807) is 0 Å². The minimum atomic E-state index is -1.21. The summed E-state index contributed by atoms with van der Waals surface area (Å²) >= 11 is 0. The Bertz CT molecular complexity index is 418. The van der Waals surface area contributed by atoms with Gasteiger partial charge in [-0.25, -0.2) is 4.79 Å².